The average molecular weight is 253 g/mol. The summed E-state index contributed by atoms with van der Waals surface area (Å²) in [5.41, 5.74) is 4.76. The standard InChI is InChI=1S/C17H19NO/c1-3-15-8-10-16(11-9-15)13-19-18-12-17-7-5-4-6-14(17)2/h4-12H,3,13H2,1-2H3. The fourth-order valence-corrected chi connectivity index (χ4v) is 1.81. The fourth-order valence-electron chi connectivity index (χ4n) is 1.81. The first-order valence-corrected chi connectivity index (χ1v) is 6.58. The molecule has 0 radical (unpaired) electrons. The monoisotopic (exact) mass is 253 g/mol. The third-order valence-corrected chi connectivity index (χ3v) is 3.12. The van der Waals surface area contributed by atoms with Gasteiger partial charge < -0.3 is 4.84 Å². The Bertz CT molecular complexity index is 543. The number of rotatable bonds is 5. The van der Waals surface area contributed by atoms with Crippen molar-refractivity contribution in [1.29, 1.82) is 0 Å². The zero-order valence-electron chi connectivity index (χ0n) is 11.5. The number of hydrogen-bond donors (Lipinski definition) is 0. The van der Waals surface area contributed by atoms with Crippen molar-refractivity contribution in [3.05, 3.63) is 70.8 Å². The van der Waals surface area contributed by atoms with Crippen molar-refractivity contribution in [2.45, 2.75) is 26.9 Å². The Balaban J connectivity index is 1.87. The predicted molar refractivity (Wildman–Crippen MR) is 79.4 cm³/mol. The minimum absolute atomic E-state index is 0.506. The molecule has 0 N–H and O–H groups in total. The molecule has 0 atom stereocenters. The summed E-state index contributed by atoms with van der Waals surface area (Å²) in [7, 11) is 0. The number of aryl methyl sites for hydroxylation is 2. The average Bonchev–Trinajstić information content (AvgIpc) is 2.46. The van der Waals surface area contributed by atoms with Crippen LogP contribution in [-0.2, 0) is 17.9 Å². The molecule has 0 spiro atoms. The molecule has 2 aromatic rings. The molecular formula is C17H19NO. The lowest BCUT2D eigenvalue weighted by Gasteiger charge is -2.02. The van der Waals surface area contributed by atoms with E-state index in [9.17, 15) is 0 Å². The van der Waals surface area contributed by atoms with Gasteiger partial charge in [-0.15, -0.1) is 0 Å². The lowest BCUT2D eigenvalue weighted by atomic mass is 10.1. The lowest BCUT2D eigenvalue weighted by molar-refractivity contribution is 0.132. The molecule has 0 bridgehead atoms. The molecule has 2 rings (SSSR count). The van der Waals surface area contributed by atoms with Gasteiger partial charge in [-0.2, -0.15) is 0 Å². The van der Waals surface area contributed by atoms with Gasteiger partial charge in [0.2, 0.25) is 0 Å². The molecule has 0 amide bonds. The van der Waals surface area contributed by atoms with E-state index >= 15 is 0 Å². The van der Waals surface area contributed by atoms with Gasteiger partial charge in [-0.3, -0.25) is 0 Å². The summed E-state index contributed by atoms with van der Waals surface area (Å²) in [4.78, 5) is 5.32. The number of oxime groups is 1. The van der Waals surface area contributed by atoms with Crippen molar-refractivity contribution < 1.29 is 4.84 Å². The van der Waals surface area contributed by atoms with Gasteiger partial charge in [0.25, 0.3) is 0 Å². The molecule has 0 heterocycles. The highest BCUT2D eigenvalue weighted by molar-refractivity contribution is 5.81. The number of nitrogens with zero attached hydrogens (tertiary/aromatic N) is 1. The van der Waals surface area contributed by atoms with E-state index in [4.69, 9.17) is 4.84 Å². The maximum absolute atomic E-state index is 5.32. The maximum Gasteiger partial charge on any atom is 0.142 e. The largest absolute Gasteiger partial charge is 0.391 e. The second kappa shape index (κ2) is 6.74. The fraction of sp³-hybridized carbons (Fsp3) is 0.235. The Morgan fingerprint density at radius 2 is 1.68 bits per heavy atom. The highest BCUT2D eigenvalue weighted by Gasteiger charge is 1.94. The van der Waals surface area contributed by atoms with Crippen LogP contribution < -0.4 is 0 Å². The van der Waals surface area contributed by atoms with Gasteiger partial charge in [0.15, 0.2) is 0 Å². The molecule has 0 fully saturated rings. The summed E-state index contributed by atoms with van der Waals surface area (Å²) in [6, 6.07) is 16.5. The topological polar surface area (TPSA) is 21.6 Å². The van der Waals surface area contributed by atoms with Crippen LogP contribution in [0.5, 0.6) is 0 Å². The van der Waals surface area contributed by atoms with Gasteiger partial charge >= 0.3 is 0 Å². The van der Waals surface area contributed by atoms with E-state index in [0.29, 0.717) is 6.61 Å². The van der Waals surface area contributed by atoms with Crippen LogP contribution >= 0.6 is 0 Å². The highest BCUT2D eigenvalue weighted by atomic mass is 16.6. The minimum atomic E-state index is 0.506. The summed E-state index contributed by atoms with van der Waals surface area (Å²) < 4.78 is 0. The van der Waals surface area contributed by atoms with E-state index in [0.717, 1.165) is 17.5 Å². The summed E-state index contributed by atoms with van der Waals surface area (Å²) in [5, 5.41) is 4.02. The molecule has 98 valence electrons. The lowest BCUT2D eigenvalue weighted by Crippen LogP contribution is -1.90. The molecule has 0 unspecified atom stereocenters. The Hall–Kier alpha value is -2.09. The van der Waals surface area contributed by atoms with E-state index in [2.05, 4.69) is 49.3 Å². The van der Waals surface area contributed by atoms with E-state index in [-0.39, 0.29) is 0 Å². The molecule has 0 aliphatic rings. The predicted octanol–water partition coefficient (Wildman–Crippen LogP) is 4.11. The highest BCUT2D eigenvalue weighted by Crippen LogP contribution is 2.07. The normalized spacial score (nSPS) is 10.8. The van der Waals surface area contributed by atoms with Gasteiger partial charge in [0, 0.05) is 0 Å². The molecule has 0 saturated carbocycles. The van der Waals surface area contributed by atoms with E-state index in [1.165, 1.54) is 11.1 Å². The zero-order valence-corrected chi connectivity index (χ0v) is 11.5. The Morgan fingerprint density at radius 3 is 2.37 bits per heavy atom. The second-order valence-corrected chi connectivity index (χ2v) is 4.53. The van der Waals surface area contributed by atoms with Crippen LogP contribution in [-0.4, -0.2) is 6.21 Å². The van der Waals surface area contributed by atoms with Crippen LogP contribution in [0, 0.1) is 6.92 Å². The van der Waals surface area contributed by atoms with Crippen LogP contribution in [0.4, 0.5) is 0 Å². The van der Waals surface area contributed by atoms with Crippen molar-refractivity contribution in [3.63, 3.8) is 0 Å². The van der Waals surface area contributed by atoms with Crippen molar-refractivity contribution >= 4 is 6.21 Å². The third-order valence-electron chi connectivity index (χ3n) is 3.12. The Morgan fingerprint density at radius 1 is 1.00 bits per heavy atom. The molecule has 2 nitrogen and oxygen atoms in total. The SMILES string of the molecule is CCc1ccc(CON=Cc2ccccc2C)cc1. The third kappa shape index (κ3) is 3.95. The smallest absolute Gasteiger partial charge is 0.142 e. The molecule has 0 aromatic heterocycles. The Labute approximate surface area is 114 Å². The molecule has 0 aliphatic heterocycles. The first-order valence-electron chi connectivity index (χ1n) is 6.58. The van der Waals surface area contributed by atoms with Gasteiger partial charge in [-0.1, -0.05) is 60.6 Å². The molecule has 0 saturated heterocycles. The van der Waals surface area contributed by atoms with Crippen molar-refractivity contribution in [2.24, 2.45) is 5.16 Å². The quantitative estimate of drug-likeness (QED) is 0.580. The van der Waals surface area contributed by atoms with Crippen molar-refractivity contribution in [1.82, 2.24) is 0 Å². The first kappa shape index (κ1) is 13.3. The Kier molecular flexibility index (Phi) is 4.73. The minimum Gasteiger partial charge on any atom is -0.391 e. The van der Waals surface area contributed by atoms with E-state index in [1.54, 1.807) is 6.21 Å². The first-order chi connectivity index (χ1) is 9.29. The van der Waals surface area contributed by atoms with Crippen molar-refractivity contribution in [3.8, 4) is 0 Å². The summed E-state index contributed by atoms with van der Waals surface area (Å²) in [5.74, 6) is 0. The second-order valence-electron chi connectivity index (χ2n) is 4.53. The molecular weight excluding hydrogens is 234 g/mol. The van der Waals surface area contributed by atoms with Gasteiger partial charge in [-0.05, 0) is 35.6 Å². The summed E-state index contributed by atoms with van der Waals surface area (Å²) in [6.07, 6.45) is 2.82. The van der Waals surface area contributed by atoms with Gasteiger partial charge in [0.05, 0.1) is 6.21 Å². The summed E-state index contributed by atoms with van der Waals surface area (Å²) in [6.45, 7) is 4.72. The van der Waals surface area contributed by atoms with Crippen LogP contribution in [0.15, 0.2) is 53.7 Å². The van der Waals surface area contributed by atoms with Crippen LogP contribution in [0.25, 0.3) is 0 Å². The molecule has 2 aromatic carbocycles. The maximum atomic E-state index is 5.32. The van der Waals surface area contributed by atoms with Crippen LogP contribution in [0.2, 0.25) is 0 Å². The van der Waals surface area contributed by atoms with E-state index < -0.39 is 0 Å². The van der Waals surface area contributed by atoms with Gasteiger partial charge in [-0.25, -0.2) is 0 Å². The van der Waals surface area contributed by atoms with Crippen LogP contribution in [0.1, 0.15) is 29.2 Å². The molecule has 2 heteroatoms. The molecule has 0 aliphatic carbocycles. The van der Waals surface area contributed by atoms with Crippen molar-refractivity contribution in [2.75, 3.05) is 0 Å². The van der Waals surface area contributed by atoms with Gasteiger partial charge in [0.1, 0.15) is 6.61 Å². The van der Waals surface area contributed by atoms with E-state index in [1.807, 2.05) is 18.2 Å². The summed E-state index contributed by atoms with van der Waals surface area (Å²) >= 11 is 0. The zero-order chi connectivity index (χ0) is 13.5. The van der Waals surface area contributed by atoms with Crippen LogP contribution in [0.3, 0.4) is 0 Å². The number of benzene rings is 2. The molecule has 19 heavy (non-hydrogen) atoms. The number of hydrogen-bond acceptors (Lipinski definition) is 2.